The fourth-order valence-corrected chi connectivity index (χ4v) is 3.72. The highest BCUT2D eigenvalue weighted by atomic mass is 32.1. The summed E-state index contributed by atoms with van der Waals surface area (Å²) in [6.45, 7) is 3.14. The van der Waals surface area contributed by atoms with Crippen LogP contribution in [0.3, 0.4) is 0 Å². The second-order valence-electron chi connectivity index (χ2n) is 6.45. The van der Waals surface area contributed by atoms with Crippen LogP contribution in [-0.4, -0.2) is 57.0 Å². The Kier molecular flexibility index (Phi) is 4.62. The molecule has 5 rings (SSSR count). The van der Waals surface area contributed by atoms with E-state index in [4.69, 9.17) is 4.74 Å². The molecule has 146 valence electrons. The maximum absolute atomic E-state index is 12.5. The molecule has 1 aromatic carbocycles. The molecule has 1 amide bonds. The minimum atomic E-state index is -0.330. The maximum Gasteiger partial charge on any atom is 0.277 e. The van der Waals surface area contributed by atoms with Crippen LogP contribution in [0.5, 0.6) is 0 Å². The molecule has 0 atom stereocenters. The SMILES string of the molecule is O=C(Nc1nccs1)c1ccc2nnc(-c3cccc(N4CCOCC4)c3)n2n1. The average Bonchev–Trinajstić information content (AvgIpc) is 3.43. The third-order valence-corrected chi connectivity index (χ3v) is 5.32. The molecule has 0 aliphatic carbocycles. The van der Waals surface area contributed by atoms with Gasteiger partial charge >= 0.3 is 0 Å². The number of rotatable bonds is 4. The van der Waals surface area contributed by atoms with E-state index in [1.54, 1.807) is 28.2 Å². The van der Waals surface area contributed by atoms with Crippen molar-refractivity contribution in [2.75, 3.05) is 36.5 Å². The Labute approximate surface area is 170 Å². The van der Waals surface area contributed by atoms with Gasteiger partial charge in [-0.3, -0.25) is 10.1 Å². The minimum absolute atomic E-state index is 0.262. The van der Waals surface area contributed by atoms with Gasteiger partial charge in [0.15, 0.2) is 16.6 Å². The Bertz CT molecular complexity index is 1150. The van der Waals surface area contributed by atoms with Gasteiger partial charge in [0.1, 0.15) is 5.69 Å². The number of anilines is 2. The van der Waals surface area contributed by atoms with E-state index in [1.165, 1.54) is 11.3 Å². The number of amides is 1. The average molecular weight is 407 g/mol. The molecule has 4 heterocycles. The van der Waals surface area contributed by atoms with Gasteiger partial charge in [-0.05, 0) is 24.3 Å². The number of thiazole rings is 1. The summed E-state index contributed by atoms with van der Waals surface area (Å²) in [7, 11) is 0. The summed E-state index contributed by atoms with van der Waals surface area (Å²) in [5.41, 5.74) is 2.81. The molecule has 3 aromatic heterocycles. The number of ether oxygens (including phenoxy) is 1. The van der Waals surface area contributed by atoms with E-state index >= 15 is 0 Å². The van der Waals surface area contributed by atoms with Crippen LogP contribution in [0.25, 0.3) is 17.0 Å². The van der Waals surface area contributed by atoms with Crippen molar-refractivity contribution >= 4 is 33.7 Å². The fraction of sp³-hybridized carbons (Fsp3) is 0.211. The highest BCUT2D eigenvalue weighted by Crippen LogP contribution is 2.24. The Morgan fingerprint density at radius 1 is 1.14 bits per heavy atom. The van der Waals surface area contributed by atoms with Crippen molar-refractivity contribution in [1.29, 1.82) is 0 Å². The van der Waals surface area contributed by atoms with E-state index in [-0.39, 0.29) is 11.6 Å². The number of hydrogen-bond acceptors (Lipinski definition) is 8. The summed E-state index contributed by atoms with van der Waals surface area (Å²) in [6.07, 6.45) is 1.64. The molecule has 1 N–H and O–H groups in total. The van der Waals surface area contributed by atoms with Gasteiger partial charge in [-0.2, -0.15) is 9.61 Å². The summed E-state index contributed by atoms with van der Waals surface area (Å²) in [5.74, 6) is 0.252. The highest BCUT2D eigenvalue weighted by molar-refractivity contribution is 7.13. The Morgan fingerprint density at radius 2 is 2.03 bits per heavy atom. The highest BCUT2D eigenvalue weighted by Gasteiger charge is 2.16. The molecule has 1 saturated heterocycles. The third kappa shape index (κ3) is 3.55. The first-order chi connectivity index (χ1) is 14.3. The zero-order valence-corrected chi connectivity index (χ0v) is 16.2. The van der Waals surface area contributed by atoms with Crippen molar-refractivity contribution in [2.24, 2.45) is 0 Å². The van der Waals surface area contributed by atoms with Gasteiger partial charge in [0.05, 0.1) is 13.2 Å². The number of fused-ring (bicyclic) bond motifs is 1. The topological polar surface area (TPSA) is 97.5 Å². The largest absolute Gasteiger partial charge is 0.378 e. The van der Waals surface area contributed by atoms with E-state index in [9.17, 15) is 4.79 Å². The standard InChI is InChI=1S/C19H17N7O2S/c27-18(21-19-20-6-11-29-19)15-4-5-16-22-23-17(26(16)24-15)13-2-1-3-14(12-13)25-7-9-28-10-8-25/h1-6,11-12H,7-10H2,(H,20,21,27). The molecule has 0 radical (unpaired) electrons. The van der Waals surface area contributed by atoms with Crippen molar-refractivity contribution < 1.29 is 9.53 Å². The lowest BCUT2D eigenvalue weighted by Gasteiger charge is -2.29. The summed E-state index contributed by atoms with van der Waals surface area (Å²) >= 11 is 1.35. The molecular weight excluding hydrogens is 390 g/mol. The number of carbonyl (C=O) groups is 1. The first-order valence-electron chi connectivity index (χ1n) is 9.14. The monoisotopic (exact) mass is 407 g/mol. The van der Waals surface area contributed by atoms with Crippen molar-refractivity contribution in [1.82, 2.24) is 24.8 Å². The van der Waals surface area contributed by atoms with Gasteiger partial charge in [0.2, 0.25) is 0 Å². The Morgan fingerprint density at radius 3 is 2.86 bits per heavy atom. The first kappa shape index (κ1) is 17.7. The lowest BCUT2D eigenvalue weighted by molar-refractivity contribution is 0.102. The number of aromatic nitrogens is 5. The Hall–Kier alpha value is -3.37. The van der Waals surface area contributed by atoms with E-state index < -0.39 is 0 Å². The molecule has 0 saturated carbocycles. The zero-order valence-electron chi connectivity index (χ0n) is 15.4. The summed E-state index contributed by atoms with van der Waals surface area (Å²) in [5, 5.41) is 18.0. The molecule has 10 heteroatoms. The maximum atomic E-state index is 12.5. The predicted molar refractivity (Wildman–Crippen MR) is 109 cm³/mol. The molecule has 0 spiro atoms. The van der Waals surface area contributed by atoms with Gasteiger partial charge in [-0.1, -0.05) is 12.1 Å². The second kappa shape index (κ2) is 7.57. The van der Waals surface area contributed by atoms with Crippen LogP contribution in [0.4, 0.5) is 10.8 Å². The summed E-state index contributed by atoms with van der Waals surface area (Å²) in [6, 6.07) is 11.4. The second-order valence-corrected chi connectivity index (χ2v) is 7.35. The lowest BCUT2D eigenvalue weighted by atomic mass is 10.1. The number of morpholine rings is 1. The van der Waals surface area contributed by atoms with Gasteiger partial charge in [-0.15, -0.1) is 21.5 Å². The van der Waals surface area contributed by atoms with Crippen LogP contribution < -0.4 is 10.2 Å². The van der Waals surface area contributed by atoms with Gasteiger partial charge in [-0.25, -0.2) is 4.98 Å². The molecule has 29 heavy (non-hydrogen) atoms. The quantitative estimate of drug-likeness (QED) is 0.554. The normalized spacial score (nSPS) is 14.3. The van der Waals surface area contributed by atoms with Gasteiger partial charge in [0, 0.05) is 35.9 Å². The van der Waals surface area contributed by atoms with E-state index in [0.717, 1.165) is 37.6 Å². The number of carbonyl (C=O) groups excluding carboxylic acids is 1. The predicted octanol–water partition coefficient (Wildman–Crippen LogP) is 2.34. The van der Waals surface area contributed by atoms with Gasteiger partial charge in [0.25, 0.3) is 5.91 Å². The Balaban J connectivity index is 1.48. The number of benzene rings is 1. The lowest BCUT2D eigenvalue weighted by Crippen LogP contribution is -2.36. The van der Waals surface area contributed by atoms with E-state index in [2.05, 4.69) is 42.6 Å². The van der Waals surface area contributed by atoms with Gasteiger partial charge < -0.3 is 9.64 Å². The van der Waals surface area contributed by atoms with Crippen LogP contribution in [-0.2, 0) is 4.74 Å². The molecule has 1 aliphatic heterocycles. The molecule has 9 nitrogen and oxygen atoms in total. The van der Waals surface area contributed by atoms with Crippen molar-refractivity contribution in [3.8, 4) is 11.4 Å². The number of nitrogens with zero attached hydrogens (tertiary/aromatic N) is 6. The molecule has 4 aromatic rings. The van der Waals surface area contributed by atoms with Crippen molar-refractivity contribution in [3.63, 3.8) is 0 Å². The zero-order chi connectivity index (χ0) is 19.6. The number of nitrogens with one attached hydrogen (secondary N) is 1. The molecule has 1 aliphatic rings. The van der Waals surface area contributed by atoms with Crippen LogP contribution in [0.1, 0.15) is 10.5 Å². The summed E-state index contributed by atoms with van der Waals surface area (Å²) in [4.78, 5) is 18.8. The van der Waals surface area contributed by atoms with E-state index in [1.807, 2.05) is 12.1 Å². The van der Waals surface area contributed by atoms with Crippen LogP contribution in [0.2, 0.25) is 0 Å². The molecule has 0 unspecified atom stereocenters. The van der Waals surface area contributed by atoms with Crippen LogP contribution in [0, 0.1) is 0 Å². The van der Waals surface area contributed by atoms with E-state index in [0.29, 0.717) is 16.6 Å². The first-order valence-corrected chi connectivity index (χ1v) is 10.0. The molecule has 0 bridgehead atoms. The smallest absolute Gasteiger partial charge is 0.277 e. The minimum Gasteiger partial charge on any atom is -0.378 e. The number of hydrogen-bond donors (Lipinski definition) is 1. The molecular formula is C19H17N7O2S. The fourth-order valence-electron chi connectivity index (χ4n) is 3.20. The third-order valence-electron chi connectivity index (χ3n) is 4.63. The van der Waals surface area contributed by atoms with Crippen LogP contribution in [0.15, 0.2) is 48.0 Å². The van der Waals surface area contributed by atoms with Crippen molar-refractivity contribution in [2.45, 2.75) is 0 Å². The molecule has 1 fully saturated rings. The van der Waals surface area contributed by atoms with Crippen molar-refractivity contribution in [3.05, 3.63) is 53.7 Å². The van der Waals surface area contributed by atoms with Crippen LogP contribution >= 0.6 is 11.3 Å². The summed E-state index contributed by atoms with van der Waals surface area (Å²) < 4.78 is 7.03.